The highest BCUT2D eigenvalue weighted by Gasteiger charge is 2.51. The van der Waals surface area contributed by atoms with Gasteiger partial charge in [-0.2, -0.15) is 0 Å². The fourth-order valence-corrected chi connectivity index (χ4v) is 1.99. The van der Waals surface area contributed by atoms with Gasteiger partial charge in [0.1, 0.15) is 0 Å². The summed E-state index contributed by atoms with van der Waals surface area (Å²) in [6, 6.07) is 5.93. The van der Waals surface area contributed by atoms with Gasteiger partial charge in [0.05, 0.1) is 11.2 Å². The standard InChI is InChI=1S/C14H20BNO2/c1-10-8-12(7-6-11(10)9-16)15-17-13(2,3)14(4,5)18-15/h6-9,16H,1-5H3. The maximum atomic E-state index is 7.30. The number of hydrogen-bond donors (Lipinski definition) is 1. The van der Waals surface area contributed by atoms with E-state index in [9.17, 15) is 0 Å². The van der Waals surface area contributed by atoms with Crippen LogP contribution in [0.2, 0.25) is 0 Å². The summed E-state index contributed by atoms with van der Waals surface area (Å²) in [6.45, 7) is 10.2. The molecule has 3 nitrogen and oxygen atoms in total. The van der Waals surface area contributed by atoms with Crippen molar-refractivity contribution in [3.05, 3.63) is 29.3 Å². The third kappa shape index (κ3) is 2.11. The van der Waals surface area contributed by atoms with Gasteiger partial charge in [-0.3, -0.25) is 0 Å². The average Bonchev–Trinajstić information content (AvgIpc) is 2.48. The zero-order valence-electron chi connectivity index (χ0n) is 11.7. The van der Waals surface area contributed by atoms with Gasteiger partial charge < -0.3 is 14.7 Å². The molecule has 0 spiro atoms. The van der Waals surface area contributed by atoms with Crippen LogP contribution in [0.5, 0.6) is 0 Å². The van der Waals surface area contributed by atoms with Crippen molar-refractivity contribution in [2.45, 2.75) is 45.8 Å². The first-order valence-electron chi connectivity index (χ1n) is 6.23. The highest BCUT2D eigenvalue weighted by molar-refractivity contribution is 6.62. The fraction of sp³-hybridized carbons (Fsp3) is 0.500. The smallest absolute Gasteiger partial charge is 0.399 e. The Kier molecular flexibility index (Phi) is 3.12. The molecule has 0 aliphatic carbocycles. The van der Waals surface area contributed by atoms with Crippen molar-refractivity contribution >= 4 is 18.8 Å². The Morgan fingerprint density at radius 3 is 2.11 bits per heavy atom. The van der Waals surface area contributed by atoms with Crippen LogP contribution < -0.4 is 5.46 Å². The third-order valence-corrected chi connectivity index (χ3v) is 3.97. The van der Waals surface area contributed by atoms with Crippen LogP contribution in [-0.4, -0.2) is 24.5 Å². The van der Waals surface area contributed by atoms with Gasteiger partial charge in [0.25, 0.3) is 0 Å². The lowest BCUT2D eigenvalue weighted by molar-refractivity contribution is 0.00578. The minimum absolute atomic E-state index is 0.314. The summed E-state index contributed by atoms with van der Waals surface area (Å²) >= 11 is 0. The SMILES string of the molecule is Cc1cc(B2OC(C)(C)C(C)(C)O2)ccc1C=N. The van der Waals surface area contributed by atoms with Crippen molar-refractivity contribution in [3.8, 4) is 0 Å². The quantitative estimate of drug-likeness (QED) is 0.641. The molecule has 1 aliphatic rings. The lowest BCUT2D eigenvalue weighted by Gasteiger charge is -2.32. The Hall–Kier alpha value is -1.13. The molecular formula is C14H20BNO2. The molecule has 1 aliphatic heterocycles. The number of rotatable bonds is 2. The first kappa shape index (κ1) is 13.3. The Balaban J connectivity index is 2.30. The van der Waals surface area contributed by atoms with Crippen molar-refractivity contribution in [2.75, 3.05) is 0 Å². The van der Waals surface area contributed by atoms with Crippen LogP contribution in [0, 0.1) is 12.3 Å². The molecule has 0 radical (unpaired) electrons. The number of hydrogen-bond acceptors (Lipinski definition) is 3. The van der Waals surface area contributed by atoms with Gasteiger partial charge in [-0.25, -0.2) is 0 Å². The number of nitrogens with one attached hydrogen (secondary N) is 1. The van der Waals surface area contributed by atoms with Gasteiger partial charge in [0, 0.05) is 6.21 Å². The molecule has 0 saturated carbocycles. The second-order valence-corrected chi connectivity index (χ2v) is 5.85. The summed E-state index contributed by atoms with van der Waals surface area (Å²) in [7, 11) is -0.325. The fourth-order valence-electron chi connectivity index (χ4n) is 1.99. The van der Waals surface area contributed by atoms with Crippen LogP contribution in [0.15, 0.2) is 18.2 Å². The molecule has 4 heteroatoms. The Morgan fingerprint density at radius 1 is 1.11 bits per heavy atom. The van der Waals surface area contributed by atoms with E-state index < -0.39 is 0 Å². The van der Waals surface area contributed by atoms with E-state index in [0.717, 1.165) is 16.6 Å². The highest BCUT2D eigenvalue weighted by atomic mass is 16.7. The Labute approximate surface area is 109 Å². The summed E-state index contributed by atoms with van der Waals surface area (Å²) < 4.78 is 12.0. The minimum Gasteiger partial charge on any atom is -0.399 e. The van der Waals surface area contributed by atoms with E-state index in [1.807, 2.05) is 52.8 Å². The summed E-state index contributed by atoms with van der Waals surface area (Å²) in [5, 5.41) is 7.30. The van der Waals surface area contributed by atoms with E-state index in [2.05, 4.69) is 0 Å². The van der Waals surface area contributed by atoms with E-state index in [1.54, 1.807) is 0 Å². The summed E-state index contributed by atoms with van der Waals surface area (Å²) in [6.07, 6.45) is 1.36. The van der Waals surface area contributed by atoms with Gasteiger partial charge in [-0.05, 0) is 51.2 Å². The van der Waals surface area contributed by atoms with Crippen molar-refractivity contribution < 1.29 is 9.31 Å². The Morgan fingerprint density at radius 2 is 1.67 bits per heavy atom. The molecule has 96 valence electrons. The molecule has 1 N–H and O–H groups in total. The molecule has 1 aromatic rings. The second-order valence-electron chi connectivity index (χ2n) is 5.85. The molecule has 0 atom stereocenters. The van der Waals surface area contributed by atoms with Gasteiger partial charge in [0.2, 0.25) is 0 Å². The van der Waals surface area contributed by atoms with Crippen molar-refractivity contribution in [2.24, 2.45) is 0 Å². The van der Waals surface area contributed by atoms with E-state index in [-0.39, 0.29) is 18.3 Å². The molecule has 0 amide bonds. The van der Waals surface area contributed by atoms with Crippen LogP contribution in [0.25, 0.3) is 0 Å². The molecule has 2 rings (SSSR count). The largest absolute Gasteiger partial charge is 0.494 e. The zero-order valence-corrected chi connectivity index (χ0v) is 11.7. The van der Waals surface area contributed by atoms with E-state index in [4.69, 9.17) is 14.7 Å². The van der Waals surface area contributed by atoms with Gasteiger partial charge >= 0.3 is 7.12 Å². The predicted octanol–water partition coefficient (Wildman–Crippen LogP) is 2.29. The van der Waals surface area contributed by atoms with Crippen LogP contribution in [-0.2, 0) is 9.31 Å². The molecule has 0 aromatic heterocycles. The molecule has 1 saturated heterocycles. The number of aryl methyl sites for hydroxylation is 1. The topological polar surface area (TPSA) is 42.3 Å². The van der Waals surface area contributed by atoms with Crippen LogP contribution in [0.4, 0.5) is 0 Å². The lowest BCUT2D eigenvalue weighted by atomic mass is 9.78. The first-order chi connectivity index (χ1) is 8.27. The van der Waals surface area contributed by atoms with Crippen molar-refractivity contribution in [1.29, 1.82) is 5.41 Å². The molecule has 18 heavy (non-hydrogen) atoms. The van der Waals surface area contributed by atoms with Crippen LogP contribution in [0.1, 0.15) is 38.8 Å². The number of benzene rings is 1. The monoisotopic (exact) mass is 245 g/mol. The lowest BCUT2D eigenvalue weighted by Crippen LogP contribution is -2.41. The molecule has 0 bridgehead atoms. The summed E-state index contributed by atoms with van der Waals surface area (Å²) in [5.41, 5.74) is 2.38. The maximum Gasteiger partial charge on any atom is 0.494 e. The minimum atomic E-state index is -0.325. The molecule has 0 unspecified atom stereocenters. The first-order valence-corrected chi connectivity index (χ1v) is 6.23. The van der Waals surface area contributed by atoms with Crippen molar-refractivity contribution in [3.63, 3.8) is 0 Å². The molecule has 1 heterocycles. The van der Waals surface area contributed by atoms with Gasteiger partial charge in [-0.15, -0.1) is 0 Å². The third-order valence-electron chi connectivity index (χ3n) is 3.97. The predicted molar refractivity (Wildman–Crippen MR) is 74.8 cm³/mol. The maximum absolute atomic E-state index is 7.30. The van der Waals surface area contributed by atoms with E-state index in [0.29, 0.717) is 0 Å². The second kappa shape index (κ2) is 4.21. The van der Waals surface area contributed by atoms with Crippen LogP contribution >= 0.6 is 0 Å². The van der Waals surface area contributed by atoms with Crippen molar-refractivity contribution in [1.82, 2.24) is 0 Å². The summed E-state index contributed by atoms with van der Waals surface area (Å²) in [4.78, 5) is 0. The molecule has 1 fully saturated rings. The van der Waals surface area contributed by atoms with Gasteiger partial charge in [0.15, 0.2) is 0 Å². The normalized spacial score (nSPS) is 21.1. The average molecular weight is 245 g/mol. The molecular weight excluding hydrogens is 225 g/mol. The van der Waals surface area contributed by atoms with Gasteiger partial charge in [-0.1, -0.05) is 18.2 Å². The van der Waals surface area contributed by atoms with E-state index in [1.165, 1.54) is 6.21 Å². The zero-order chi connectivity index (χ0) is 13.6. The molecule has 1 aromatic carbocycles. The van der Waals surface area contributed by atoms with E-state index >= 15 is 0 Å². The Bertz CT molecular complexity index is 467. The summed E-state index contributed by atoms with van der Waals surface area (Å²) in [5.74, 6) is 0. The highest BCUT2D eigenvalue weighted by Crippen LogP contribution is 2.36. The van der Waals surface area contributed by atoms with Crippen LogP contribution in [0.3, 0.4) is 0 Å².